The first kappa shape index (κ1) is 9.70. The minimum absolute atomic E-state index is 0.0181. The summed E-state index contributed by atoms with van der Waals surface area (Å²) in [7, 11) is 0. The standard InChI is InChI=1S/C9H5F3N2O/c10-9(11,12)14-4-6(5-15)7-2-1-3-13-8(7)14/h1-5H. The van der Waals surface area contributed by atoms with Crippen LogP contribution in [0.25, 0.3) is 11.0 Å². The zero-order valence-corrected chi connectivity index (χ0v) is 7.32. The van der Waals surface area contributed by atoms with Gasteiger partial charge in [-0.15, -0.1) is 13.2 Å². The quantitative estimate of drug-likeness (QED) is 0.683. The van der Waals surface area contributed by atoms with Gasteiger partial charge >= 0.3 is 6.30 Å². The van der Waals surface area contributed by atoms with Crippen molar-refractivity contribution in [3.63, 3.8) is 0 Å². The van der Waals surface area contributed by atoms with Crippen LogP contribution in [0.5, 0.6) is 0 Å². The van der Waals surface area contributed by atoms with Crippen molar-refractivity contribution < 1.29 is 18.0 Å². The summed E-state index contributed by atoms with van der Waals surface area (Å²) in [5.41, 5.74) is -0.275. The molecule has 0 aliphatic rings. The fourth-order valence-electron chi connectivity index (χ4n) is 1.37. The molecule has 0 atom stereocenters. The summed E-state index contributed by atoms with van der Waals surface area (Å²) >= 11 is 0. The number of hydrogen-bond acceptors (Lipinski definition) is 2. The topological polar surface area (TPSA) is 34.9 Å². The van der Waals surface area contributed by atoms with E-state index in [4.69, 9.17) is 0 Å². The molecule has 2 rings (SSSR count). The Morgan fingerprint density at radius 1 is 1.40 bits per heavy atom. The second kappa shape index (κ2) is 3.08. The molecule has 3 nitrogen and oxygen atoms in total. The average molecular weight is 214 g/mol. The molecule has 0 aliphatic carbocycles. The van der Waals surface area contributed by atoms with Crippen molar-refractivity contribution in [1.82, 2.24) is 9.55 Å². The van der Waals surface area contributed by atoms with E-state index in [9.17, 15) is 18.0 Å². The maximum absolute atomic E-state index is 12.5. The van der Waals surface area contributed by atoms with Crippen LogP contribution < -0.4 is 0 Å². The first-order valence-corrected chi connectivity index (χ1v) is 4.02. The smallest absolute Gasteiger partial charge is 0.298 e. The summed E-state index contributed by atoms with van der Waals surface area (Å²) < 4.78 is 37.5. The second-order valence-corrected chi connectivity index (χ2v) is 2.91. The molecular weight excluding hydrogens is 209 g/mol. The highest BCUT2D eigenvalue weighted by Crippen LogP contribution is 2.29. The van der Waals surface area contributed by atoms with E-state index in [0.29, 0.717) is 6.29 Å². The number of alkyl halides is 3. The van der Waals surface area contributed by atoms with Gasteiger partial charge in [-0.3, -0.25) is 4.79 Å². The van der Waals surface area contributed by atoms with Crippen LogP contribution in [0.15, 0.2) is 24.5 Å². The Hall–Kier alpha value is -1.85. The number of carbonyl (C=O) groups excluding carboxylic acids is 1. The van der Waals surface area contributed by atoms with Gasteiger partial charge in [0, 0.05) is 23.3 Å². The molecule has 78 valence electrons. The molecule has 0 spiro atoms. The molecule has 0 bridgehead atoms. The van der Waals surface area contributed by atoms with E-state index in [2.05, 4.69) is 4.98 Å². The number of nitrogens with zero attached hydrogens (tertiary/aromatic N) is 2. The summed E-state index contributed by atoms with van der Waals surface area (Å²) in [6.45, 7) is 0. The van der Waals surface area contributed by atoms with Crippen molar-refractivity contribution in [2.45, 2.75) is 6.30 Å². The number of fused-ring (bicyclic) bond motifs is 1. The molecule has 0 saturated heterocycles. The van der Waals surface area contributed by atoms with Crippen LogP contribution >= 0.6 is 0 Å². The van der Waals surface area contributed by atoms with E-state index in [0.717, 1.165) is 6.20 Å². The number of aldehydes is 1. The van der Waals surface area contributed by atoms with Crippen LogP contribution in [0.2, 0.25) is 0 Å². The van der Waals surface area contributed by atoms with Gasteiger partial charge in [0.15, 0.2) is 6.29 Å². The Morgan fingerprint density at radius 3 is 2.73 bits per heavy atom. The van der Waals surface area contributed by atoms with Crippen LogP contribution in [-0.2, 0) is 6.30 Å². The van der Waals surface area contributed by atoms with Gasteiger partial charge < -0.3 is 0 Å². The summed E-state index contributed by atoms with van der Waals surface area (Å²) in [5.74, 6) is 0. The lowest BCUT2D eigenvalue weighted by atomic mass is 10.2. The second-order valence-electron chi connectivity index (χ2n) is 2.91. The van der Waals surface area contributed by atoms with Crippen LogP contribution in [0, 0.1) is 0 Å². The number of aromatic nitrogens is 2. The molecule has 0 amide bonds. The summed E-state index contributed by atoms with van der Waals surface area (Å²) in [5, 5.41) is 0.199. The molecular formula is C9H5F3N2O. The molecule has 15 heavy (non-hydrogen) atoms. The third-order valence-corrected chi connectivity index (χ3v) is 1.99. The predicted octanol–water partition coefficient (Wildman–Crippen LogP) is 2.33. The normalized spacial score (nSPS) is 11.9. The molecule has 2 aromatic rings. The number of hydrogen-bond donors (Lipinski definition) is 0. The van der Waals surface area contributed by atoms with Gasteiger partial charge in [0.05, 0.1) is 0 Å². The number of halogens is 3. The molecule has 0 saturated carbocycles. The van der Waals surface area contributed by atoms with Crippen LogP contribution in [-0.4, -0.2) is 15.8 Å². The molecule has 0 radical (unpaired) electrons. The van der Waals surface area contributed by atoms with Crippen molar-refractivity contribution >= 4 is 17.3 Å². The van der Waals surface area contributed by atoms with E-state index in [-0.39, 0.29) is 21.2 Å². The molecule has 0 N–H and O–H groups in total. The molecule has 0 aromatic carbocycles. The van der Waals surface area contributed by atoms with Gasteiger partial charge in [0.1, 0.15) is 5.65 Å². The lowest BCUT2D eigenvalue weighted by Gasteiger charge is -2.07. The summed E-state index contributed by atoms with van der Waals surface area (Å²) in [6.07, 6.45) is -2.19. The van der Waals surface area contributed by atoms with Crippen molar-refractivity contribution in [2.24, 2.45) is 0 Å². The Labute approximate surface area is 82.1 Å². The Kier molecular flexibility index (Phi) is 1.99. The van der Waals surface area contributed by atoms with E-state index in [1.165, 1.54) is 18.3 Å². The van der Waals surface area contributed by atoms with Crippen molar-refractivity contribution in [1.29, 1.82) is 0 Å². The Balaban J connectivity index is 2.82. The first-order chi connectivity index (χ1) is 7.04. The van der Waals surface area contributed by atoms with Gasteiger partial charge in [-0.05, 0) is 12.1 Å². The zero-order chi connectivity index (χ0) is 11.1. The SMILES string of the molecule is O=Cc1cn(C(F)(F)F)c2ncccc12. The third-order valence-electron chi connectivity index (χ3n) is 1.99. The van der Waals surface area contributed by atoms with Gasteiger partial charge in [0.25, 0.3) is 0 Å². The van der Waals surface area contributed by atoms with Gasteiger partial charge in [-0.2, -0.15) is 0 Å². The number of pyridine rings is 1. The fourth-order valence-corrected chi connectivity index (χ4v) is 1.37. The Morgan fingerprint density at radius 2 is 2.13 bits per heavy atom. The van der Waals surface area contributed by atoms with E-state index >= 15 is 0 Å². The van der Waals surface area contributed by atoms with Crippen LogP contribution in [0.1, 0.15) is 10.4 Å². The third kappa shape index (κ3) is 1.47. The lowest BCUT2D eigenvalue weighted by Crippen LogP contribution is -2.15. The predicted molar refractivity (Wildman–Crippen MR) is 46.4 cm³/mol. The van der Waals surface area contributed by atoms with Crippen molar-refractivity contribution in [3.8, 4) is 0 Å². The molecule has 6 heteroatoms. The average Bonchev–Trinajstić information content (AvgIpc) is 2.55. The molecule has 0 unspecified atom stereocenters. The number of rotatable bonds is 1. The van der Waals surface area contributed by atoms with E-state index in [1.54, 1.807) is 0 Å². The maximum Gasteiger partial charge on any atom is 0.490 e. The van der Waals surface area contributed by atoms with Crippen LogP contribution in [0.4, 0.5) is 13.2 Å². The monoisotopic (exact) mass is 214 g/mol. The first-order valence-electron chi connectivity index (χ1n) is 4.02. The minimum Gasteiger partial charge on any atom is -0.298 e. The van der Waals surface area contributed by atoms with Gasteiger partial charge in [0.2, 0.25) is 0 Å². The maximum atomic E-state index is 12.5. The summed E-state index contributed by atoms with van der Waals surface area (Å²) in [6, 6.07) is 2.91. The zero-order valence-electron chi connectivity index (χ0n) is 7.32. The van der Waals surface area contributed by atoms with Gasteiger partial charge in [-0.1, -0.05) is 0 Å². The highest BCUT2D eigenvalue weighted by molar-refractivity contribution is 5.95. The lowest BCUT2D eigenvalue weighted by molar-refractivity contribution is -0.201. The molecule has 0 fully saturated rings. The van der Waals surface area contributed by atoms with E-state index < -0.39 is 6.30 Å². The fraction of sp³-hybridized carbons (Fsp3) is 0.111. The van der Waals surface area contributed by atoms with Gasteiger partial charge in [-0.25, -0.2) is 9.55 Å². The van der Waals surface area contributed by atoms with Crippen LogP contribution in [0.3, 0.4) is 0 Å². The summed E-state index contributed by atoms with van der Waals surface area (Å²) in [4.78, 5) is 14.2. The minimum atomic E-state index is -4.56. The highest BCUT2D eigenvalue weighted by Gasteiger charge is 2.33. The number of carbonyl (C=O) groups is 1. The molecule has 2 heterocycles. The van der Waals surface area contributed by atoms with Crippen molar-refractivity contribution in [3.05, 3.63) is 30.1 Å². The molecule has 2 aromatic heterocycles. The Bertz CT molecular complexity index is 516. The van der Waals surface area contributed by atoms with Crippen molar-refractivity contribution in [2.75, 3.05) is 0 Å². The highest BCUT2D eigenvalue weighted by atomic mass is 19.4. The van der Waals surface area contributed by atoms with E-state index in [1.807, 2.05) is 0 Å². The largest absolute Gasteiger partial charge is 0.490 e. The molecule has 0 aliphatic heterocycles.